The largest absolute Gasteiger partial charge is 0.475 e. The smallest absolute Gasteiger partial charge is 0.368 e. The van der Waals surface area contributed by atoms with Gasteiger partial charge in [0.1, 0.15) is 13.2 Å². The van der Waals surface area contributed by atoms with Gasteiger partial charge in [-0.2, -0.15) is 14.5 Å². The molecule has 1 aromatic carbocycles. The number of aromatic nitrogens is 4. The Balaban J connectivity index is 2.21. The zero-order valence-electron chi connectivity index (χ0n) is 18.0. The predicted molar refractivity (Wildman–Crippen MR) is 116 cm³/mol. The molecule has 0 radical (unpaired) electrons. The minimum Gasteiger partial charge on any atom is -0.475 e. The van der Waals surface area contributed by atoms with Gasteiger partial charge >= 0.3 is 5.69 Å². The average molecular weight is 413 g/mol. The normalized spacial score (nSPS) is 12.8. The van der Waals surface area contributed by atoms with E-state index in [-0.39, 0.29) is 12.3 Å². The zero-order valence-corrected chi connectivity index (χ0v) is 18.0. The van der Waals surface area contributed by atoms with E-state index < -0.39 is 0 Å². The quantitative estimate of drug-likeness (QED) is 0.206. The number of hydrogen-bond acceptors (Lipinski definition) is 8. The molecule has 160 valence electrons. The lowest BCUT2D eigenvalue weighted by Gasteiger charge is -2.13. The van der Waals surface area contributed by atoms with Crippen LogP contribution in [0.25, 0.3) is 5.69 Å². The minimum atomic E-state index is -0.333. The summed E-state index contributed by atoms with van der Waals surface area (Å²) in [4.78, 5) is 17.3. The molecule has 0 spiro atoms. The first kappa shape index (κ1) is 22.7. The number of ether oxygens (including phenoxy) is 1. The van der Waals surface area contributed by atoms with Crippen molar-refractivity contribution in [2.24, 2.45) is 22.4 Å². The molecule has 0 N–H and O–H groups in total. The van der Waals surface area contributed by atoms with E-state index in [4.69, 9.17) is 9.57 Å². The van der Waals surface area contributed by atoms with Gasteiger partial charge in [0.15, 0.2) is 0 Å². The number of oxime groups is 1. The number of tetrazole rings is 1. The summed E-state index contributed by atoms with van der Waals surface area (Å²) in [6, 6.07) is 5.60. The van der Waals surface area contributed by atoms with Gasteiger partial charge in [-0.25, -0.2) is 4.79 Å². The summed E-state index contributed by atoms with van der Waals surface area (Å²) in [6.07, 6.45) is 2.16. The summed E-state index contributed by atoms with van der Waals surface area (Å²) in [5, 5.41) is 20.0. The molecule has 0 aliphatic rings. The Bertz CT molecular complexity index is 1030. The van der Waals surface area contributed by atoms with Crippen molar-refractivity contribution in [1.29, 1.82) is 0 Å². The maximum atomic E-state index is 12.3. The standard InChI is InChI=1S/C20H27N7O3/c1-7-12-30-23-16(5)15(4)21-22-19(8-2)29-13-17-14(3)10-9-11-18(17)27-20(28)26(6)24-25-27/h7,9-11H,1,8,12-13H2,2-6H3/b21-15?,22-19+,23-16?. The van der Waals surface area contributed by atoms with Crippen LogP contribution < -0.4 is 5.69 Å². The first-order valence-corrected chi connectivity index (χ1v) is 9.48. The topological polar surface area (TPSA) is 108 Å². The molecule has 0 aliphatic heterocycles. The van der Waals surface area contributed by atoms with Crippen LogP contribution in [0.3, 0.4) is 0 Å². The van der Waals surface area contributed by atoms with Crippen LogP contribution in [0.5, 0.6) is 0 Å². The fourth-order valence-corrected chi connectivity index (χ4v) is 2.35. The highest BCUT2D eigenvalue weighted by Crippen LogP contribution is 2.18. The molecule has 10 heteroatoms. The van der Waals surface area contributed by atoms with E-state index in [1.165, 1.54) is 9.36 Å². The SMILES string of the molecule is C=CCON=C(C)C(C)=N/N=C(\CC)OCc1c(C)cccc1-n1nnn(C)c1=O. The molecule has 10 nitrogen and oxygen atoms in total. The Labute approximate surface area is 175 Å². The molecule has 0 bridgehead atoms. The Morgan fingerprint density at radius 1 is 1.23 bits per heavy atom. The Kier molecular flexibility index (Phi) is 8.21. The lowest BCUT2D eigenvalue weighted by molar-refractivity contribution is 0.175. The molecule has 0 aliphatic carbocycles. The summed E-state index contributed by atoms with van der Waals surface area (Å²) in [6.45, 7) is 11.5. The lowest BCUT2D eigenvalue weighted by atomic mass is 10.1. The molecule has 0 saturated carbocycles. The molecule has 0 amide bonds. The zero-order chi connectivity index (χ0) is 22.1. The van der Waals surface area contributed by atoms with Crippen LogP contribution in [0, 0.1) is 6.92 Å². The average Bonchev–Trinajstić information content (AvgIpc) is 3.07. The van der Waals surface area contributed by atoms with Crippen molar-refractivity contribution in [1.82, 2.24) is 19.8 Å². The van der Waals surface area contributed by atoms with E-state index in [9.17, 15) is 4.79 Å². The second kappa shape index (κ2) is 10.8. The molecular weight excluding hydrogens is 386 g/mol. The third-order valence-corrected chi connectivity index (χ3v) is 4.25. The Hall–Kier alpha value is -3.56. The maximum absolute atomic E-state index is 12.3. The van der Waals surface area contributed by atoms with Gasteiger partial charge in [0, 0.05) is 19.0 Å². The molecule has 30 heavy (non-hydrogen) atoms. The summed E-state index contributed by atoms with van der Waals surface area (Å²) in [5.41, 5.74) is 3.28. The first-order valence-electron chi connectivity index (χ1n) is 9.48. The van der Waals surface area contributed by atoms with E-state index in [0.29, 0.717) is 36.0 Å². The van der Waals surface area contributed by atoms with Gasteiger partial charge in [-0.1, -0.05) is 36.9 Å². The van der Waals surface area contributed by atoms with Gasteiger partial charge in [0.2, 0.25) is 5.90 Å². The highest BCUT2D eigenvalue weighted by molar-refractivity contribution is 6.40. The first-order chi connectivity index (χ1) is 14.4. The Morgan fingerprint density at radius 2 is 2.00 bits per heavy atom. The second-order valence-corrected chi connectivity index (χ2v) is 6.45. The summed E-state index contributed by atoms with van der Waals surface area (Å²) in [7, 11) is 1.55. The van der Waals surface area contributed by atoms with Gasteiger partial charge in [-0.05, 0) is 42.8 Å². The molecule has 0 saturated heterocycles. The van der Waals surface area contributed by atoms with Crippen molar-refractivity contribution in [2.45, 2.75) is 40.7 Å². The van der Waals surface area contributed by atoms with Gasteiger partial charge in [-0.15, -0.1) is 5.10 Å². The van der Waals surface area contributed by atoms with Crippen molar-refractivity contribution in [3.8, 4) is 5.69 Å². The Morgan fingerprint density at radius 3 is 2.63 bits per heavy atom. The van der Waals surface area contributed by atoms with Crippen molar-refractivity contribution in [2.75, 3.05) is 6.61 Å². The number of nitrogens with zero attached hydrogens (tertiary/aromatic N) is 7. The van der Waals surface area contributed by atoms with Crippen molar-refractivity contribution in [3.05, 3.63) is 52.5 Å². The molecule has 1 heterocycles. The number of aryl methyl sites for hydroxylation is 2. The molecule has 0 unspecified atom stereocenters. The molecule has 2 rings (SSSR count). The number of hydrogen-bond donors (Lipinski definition) is 0. The van der Waals surface area contributed by atoms with Gasteiger partial charge in [0.25, 0.3) is 0 Å². The second-order valence-electron chi connectivity index (χ2n) is 6.45. The monoisotopic (exact) mass is 413 g/mol. The van der Waals surface area contributed by atoms with Crippen LogP contribution in [-0.2, 0) is 23.2 Å². The molecule has 1 aromatic heterocycles. The van der Waals surface area contributed by atoms with Crippen molar-refractivity contribution < 1.29 is 9.57 Å². The van der Waals surface area contributed by atoms with Crippen LogP contribution in [0.1, 0.15) is 38.3 Å². The highest BCUT2D eigenvalue weighted by atomic mass is 16.6. The summed E-state index contributed by atoms with van der Waals surface area (Å²) >= 11 is 0. The maximum Gasteiger partial charge on any atom is 0.368 e. The fraction of sp³-hybridized carbons (Fsp3) is 0.400. The lowest BCUT2D eigenvalue weighted by Crippen LogP contribution is -2.23. The van der Waals surface area contributed by atoms with Gasteiger partial charge in [0.05, 0.1) is 17.1 Å². The van der Waals surface area contributed by atoms with Crippen LogP contribution >= 0.6 is 0 Å². The van der Waals surface area contributed by atoms with Crippen molar-refractivity contribution in [3.63, 3.8) is 0 Å². The minimum absolute atomic E-state index is 0.210. The van der Waals surface area contributed by atoms with Crippen LogP contribution in [0.4, 0.5) is 0 Å². The molecular formula is C20H27N7O3. The summed E-state index contributed by atoms with van der Waals surface area (Å²) < 4.78 is 8.31. The highest BCUT2D eigenvalue weighted by Gasteiger charge is 2.14. The van der Waals surface area contributed by atoms with Gasteiger partial charge in [-0.3, -0.25) is 0 Å². The van der Waals surface area contributed by atoms with E-state index in [1.807, 2.05) is 26.0 Å². The molecule has 0 atom stereocenters. The number of rotatable bonds is 9. The van der Waals surface area contributed by atoms with E-state index in [0.717, 1.165) is 11.1 Å². The third kappa shape index (κ3) is 5.72. The predicted octanol–water partition coefficient (Wildman–Crippen LogP) is 2.55. The van der Waals surface area contributed by atoms with Gasteiger partial charge < -0.3 is 9.57 Å². The van der Waals surface area contributed by atoms with E-state index >= 15 is 0 Å². The van der Waals surface area contributed by atoms with E-state index in [2.05, 4.69) is 32.4 Å². The summed E-state index contributed by atoms with van der Waals surface area (Å²) in [5.74, 6) is 0.454. The van der Waals surface area contributed by atoms with Crippen LogP contribution in [-0.4, -0.2) is 43.7 Å². The number of benzene rings is 1. The van der Waals surface area contributed by atoms with Crippen LogP contribution in [0.15, 0.2) is 51.0 Å². The molecule has 0 fully saturated rings. The fourth-order valence-electron chi connectivity index (χ4n) is 2.35. The van der Waals surface area contributed by atoms with E-state index in [1.54, 1.807) is 33.0 Å². The third-order valence-electron chi connectivity index (χ3n) is 4.25. The molecule has 2 aromatic rings. The van der Waals surface area contributed by atoms with Crippen molar-refractivity contribution >= 4 is 17.3 Å². The van der Waals surface area contributed by atoms with Crippen LogP contribution in [0.2, 0.25) is 0 Å².